The van der Waals surface area contributed by atoms with E-state index < -0.39 is 0 Å². The van der Waals surface area contributed by atoms with Gasteiger partial charge in [0.05, 0.1) is 10.0 Å². The zero-order valence-electron chi connectivity index (χ0n) is 9.47. The van der Waals surface area contributed by atoms with Gasteiger partial charge in [0, 0.05) is 6.04 Å². The largest absolute Gasteiger partial charge is 0.314 e. The van der Waals surface area contributed by atoms with Crippen molar-refractivity contribution in [3.05, 3.63) is 33.8 Å². The van der Waals surface area contributed by atoms with E-state index in [1.165, 1.54) is 18.4 Å². The summed E-state index contributed by atoms with van der Waals surface area (Å²) in [5.74, 6) is 0.828. The molecule has 2 atom stereocenters. The summed E-state index contributed by atoms with van der Waals surface area (Å²) in [5.41, 5.74) is 1.26. The Bertz CT molecular complexity index is 365. The lowest BCUT2D eigenvalue weighted by molar-refractivity contribution is 0.318. The molecule has 2 unspecified atom stereocenters. The van der Waals surface area contributed by atoms with Crippen LogP contribution in [-0.4, -0.2) is 12.6 Å². The van der Waals surface area contributed by atoms with E-state index >= 15 is 0 Å². The molecule has 1 heterocycles. The van der Waals surface area contributed by atoms with Crippen molar-refractivity contribution < 1.29 is 0 Å². The molecule has 0 amide bonds. The molecule has 0 spiro atoms. The van der Waals surface area contributed by atoms with Crippen molar-refractivity contribution in [2.75, 3.05) is 6.54 Å². The number of hydrogen-bond acceptors (Lipinski definition) is 1. The van der Waals surface area contributed by atoms with Gasteiger partial charge in [0.1, 0.15) is 0 Å². The maximum Gasteiger partial charge on any atom is 0.0595 e. The van der Waals surface area contributed by atoms with E-state index in [1.807, 2.05) is 12.1 Å². The SMILES string of the molecule is CC1CCNC(Cc2ccc(Cl)c(Cl)c2)C1. The average molecular weight is 258 g/mol. The Morgan fingerprint density at radius 2 is 2.12 bits per heavy atom. The van der Waals surface area contributed by atoms with Crippen LogP contribution in [0.25, 0.3) is 0 Å². The molecule has 16 heavy (non-hydrogen) atoms. The zero-order chi connectivity index (χ0) is 11.5. The Morgan fingerprint density at radius 3 is 2.81 bits per heavy atom. The highest BCUT2D eigenvalue weighted by molar-refractivity contribution is 6.42. The van der Waals surface area contributed by atoms with Gasteiger partial charge in [0.2, 0.25) is 0 Å². The summed E-state index contributed by atoms with van der Waals surface area (Å²) in [6, 6.07) is 6.51. The van der Waals surface area contributed by atoms with E-state index in [0.717, 1.165) is 18.9 Å². The number of halogens is 2. The van der Waals surface area contributed by atoms with Crippen molar-refractivity contribution in [3.63, 3.8) is 0 Å². The maximum atomic E-state index is 6.01. The second-order valence-corrected chi connectivity index (χ2v) is 5.55. The number of piperidine rings is 1. The lowest BCUT2D eigenvalue weighted by Gasteiger charge is -2.28. The molecule has 1 aromatic carbocycles. The van der Waals surface area contributed by atoms with Crippen LogP contribution < -0.4 is 5.32 Å². The van der Waals surface area contributed by atoms with Gasteiger partial charge >= 0.3 is 0 Å². The first-order valence-electron chi connectivity index (χ1n) is 5.82. The van der Waals surface area contributed by atoms with Gasteiger partial charge in [0.25, 0.3) is 0 Å². The fraction of sp³-hybridized carbons (Fsp3) is 0.538. The van der Waals surface area contributed by atoms with Crippen molar-refractivity contribution in [2.24, 2.45) is 5.92 Å². The average Bonchev–Trinajstić information content (AvgIpc) is 2.24. The third-order valence-corrected chi connectivity index (χ3v) is 3.96. The molecule has 1 saturated heterocycles. The third kappa shape index (κ3) is 3.13. The predicted molar refractivity (Wildman–Crippen MR) is 70.4 cm³/mol. The summed E-state index contributed by atoms with van der Waals surface area (Å²) in [7, 11) is 0. The standard InChI is InChI=1S/C13H17Cl2N/c1-9-4-5-16-11(6-9)7-10-2-3-12(14)13(15)8-10/h2-3,8-9,11,16H,4-7H2,1H3. The molecule has 0 saturated carbocycles. The highest BCUT2D eigenvalue weighted by atomic mass is 35.5. The highest BCUT2D eigenvalue weighted by Crippen LogP contribution is 2.24. The Morgan fingerprint density at radius 1 is 1.31 bits per heavy atom. The van der Waals surface area contributed by atoms with Gasteiger partial charge in [-0.2, -0.15) is 0 Å². The zero-order valence-corrected chi connectivity index (χ0v) is 11.0. The van der Waals surface area contributed by atoms with E-state index in [0.29, 0.717) is 16.1 Å². The van der Waals surface area contributed by atoms with Crippen LogP contribution in [0.3, 0.4) is 0 Å². The van der Waals surface area contributed by atoms with Crippen LogP contribution in [0.1, 0.15) is 25.3 Å². The van der Waals surface area contributed by atoms with Crippen molar-refractivity contribution in [3.8, 4) is 0 Å². The summed E-state index contributed by atoms with van der Waals surface area (Å²) >= 11 is 11.9. The molecule has 88 valence electrons. The fourth-order valence-corrected chi connectivity index (χ4v) is 2.65. The number of rotatable bonds is 2. The van der Waals surface area contributed by atoms with Gasteiger partial charge in [-0.1, -0.05) is 36.2 Å². The van der Waals surface area contributed by atoms with Gasteiger partial charge < -0.3 is 5.32 Å². The van der Waals surface area contributed by atoms with Crippen molar-refractivity contribution in [1.82, 2.24) is 5.32 Å². The van der Waals surface area contributed by atoms with Crippen LogP contribution in [0.5, 0.6) is 0 Å². The highest BCUT2D eigenvalue weighted by Gasteiger charge is 2.18. The van der Waals surface area contributed by atoms with Crippen LogP contribution in [-0.2, 0) is 6.42 Å². The minimum atomic E-state index is 0.584. The molecule has 3 heteroatoms. The Kier molecular flexibility index (Phi) is 4.12. The summed E-state index contributed by atoms with van der Waals surface area (Å²) in [4.78, 5) is 0. The molecule has 0 aliphatic carbocycles. The lowest BCUT2D eigenvalue weighted by Crippen LogP contribution is -2.38. The third-order valence-electron chi connectivity index (χ3n) is 3.22. The van der Waals surface area contributed by atoms with Crippen LogP contribution >= 0.6 is 23.2 Å². The quantitative estimate of drug-likeness (QED) is 0.847. The van der Waals surface area contributed by atoms with Gasteiger partial charge in [-0.3, -0.25) is 0 Å². The summed E-state index contributed by atoms with van der Waals surface area (Å²) in [5, 5.41) is 4.85. The van der Waals surface area contributed by atoms with Crippen molar-refractivity contribution >= 4 is 23.2 Å². The smallest absolute Gasteiger partial charge is 0.0595 e. The normalized spacial score (nSPS) is 25.7. The van der Waals surface area contributed by atoms with Gasteiger partial charge in [0.15, 0.2) is 0 Å². The van der Waals surface area contributed by atoms with E-state index in [4.69, 9.17) is 23.2 Å². The number of nitrogens with one attached hydrogen (secondary N) is 1. The van der Waals surface area contributed by atoms with Gasteiger partial charge in [-0.15, -0.1) is 0 Å². The minimum absolute atomic E-state index is 0.584. The Hall–Kier alpha value is -0.240. The predicted octanol–water partition coefficient (Wildman–Crippen LogP) is 3.92. The van der Waals surface area contributed by atoms with Crippen LogP contribution in [0.4, 0.5) is 0 Å². The molecule has 1 aromatic rings. The molecular formula is C13H17Cl2N. The molecule has 1 nitrogen and oxygen atoms in total. The molecule has 1 aliphatic rings. The molecule has 0 bridgehead atoms. The summed E-state index contributed by atoms with van der Waals surface area (Å²) in [6.07, 6.45) is 3.58. The maximum absolute atomic E-state index is 6.01. The molecule has 0 radical (unpaired) electrons. The summed E-state index contributed by atoms with van der Waals surface area (Å²) < 4.78 is 0. The molecule has 1 fully saturated rings. The first-order valence-corrected chi connectivity index (χ1v) is 6.58. The second kappa shape index (κ2) is 5.39. The molecular weight excluding hydrogens is 241 g/mol. The second-order valence-electron chi connectivity index (χ2n) is 4.73. The van der Waals surface area contributed by atoms with Crippen LogP contribution in [0, 0.1) is 5.92 Å². The molecule has 2 rings (SSSR count). The topological polar surface area (TPSA) is 12.0 Å². The van der Waals surface area contributed by atoms with Crippen molar-refractivity contribution in [2.45, 2.75) is 32.2 Å². The van der Waals surface area contributed by atoms with E-state index in [-0.39, 0.29) is 0 Å². The minimum Gasteiger partial charge on any atom is -0.314 e. The molecule has 1 N–H and O–H groups in total. The lowest BCUT2D eigenvalue weighted by atomic mass is 9.91. The summed E-state index contributed by atoms with van der Waals surface area (Å²) in [6.45, 7) is 3.45. The Labute approximate surface area is 107 Å². The van der Waals surface area contributed by atoms with Crippen LogP contribution in [0.15, 0.2) is 18.2 Å². The number of benzene rings is 1. The van der Waals surface area contributed by atoms with Gasteiger partial charge in [-0.05, 0) is 49.4 Å². The first kappa shape index (κ1) is 12.2. The monoisotopic (exact) mass is 257 g/mol. The van der Waals surface area contributed by atoms with E-state index in [2.05, 4.69) is 18.3 Å². The fourth-order valence-electron chi connectivity index (χ4n) is 2.33. The van der Waals surface area contributed by atoms with E-state index in [1.54, 1.807) is 0 Å². The van der Waals surface area contributed by atoms with E-state index in [9.17, 15) is 0 Å². The Balaban J connectivity index is 2.00. The molecule has 1 aliphatic heterocycles. The van der Waals surface area contributed by atoms with Gasteiger partial charge in [-0.25, -0.2) is 0 Å². The van der Waals surface area contributed by atoms with Crippen LogP contribution in [0.2, 0.25) is 10.0 Å². The van der Waals surface area contributed by atoms with Crippen molar-refractivity contribution in [1.29, 1.82) is 0 Å². The molecule has 0 aromatic heterocycles. The number of hydrogen-bond donors (Lipinski definition) is 1. The first-order chi connectivity index (χ1) is 7.65.